The van der Waals surface area contributed by atoms with E-state index in [0.29, 0.717) is 11.1 Å². The molecule has 3 rings (SSSR count). The summed E-state index contributed by atoms with van der Waals surface area (Å²) in [6, 6.07) is 11.9. The fourth-order valence-corrected chi connectivity index (χ4v) is 3.45. The van der Waals surface area contributed by atoms with Crippen LogP contribution in [0.4, 0.5) is 8.78 Å². The third-order valence-corrected chi connectivity index (χ3v) is 5.22. The molecule has 0 aliphatic heterocycles. The molecule has 2 aromatic rings. The Morgan fingerprint density at radius 2 is 1.81 bits per heavy atom. The van der Waals surface area contributed by atoms with E-state index >= 15 is 0 Å². The topological polar surface area (TPSA) is 32.6 Å². The predicted octanol–water partition coefficient (Wildman–Crippen LogP) is 8.14. The number of allylic oxidation sites excluding steroid dienone is 4. The second-order valence-corrected chi connectivity index (χ2v) is 7.56. The highest BCUT2D eigenvalue weighted by Crippen LogP contribution is 2.38. The van der Waals surface area contributed by atoms with Crippen molar-refractivity contribution in [1.29, 1.82) is 0 Å². The summed E-state index contributed by atoms with van der Waals surface area (Å²) in [6.45, 7) is 14.7. The van der Waals surface area contributed by atoms with E-state index in [9.17, 15) is 13.9 Å². The molecule has 4 heteroatoms. The van der Waals surface area contributed by atoms with Crippen LogP contribution in [-0.4, -0.2) is 11.3 Å². The monoisotopic (exact) mass is 433 g/mol. The Balaban J connectivity index is 0.000000303. The van der Waals surface area contributed by atoms with Crippen LogP contribution in [0.5, 0.6) is 0 Å². The van der Waals surface area contributed by atoms with Gasteiger partial charge in [0.1, 0.15) is 17.4 Å². The Hall–Kier alpha value is -3.53. The van der Waals surface area contributed by atoms with Crippen molar-refractivity contribution in [2.45, 2.75) is 33.1 Å². The molecule has 1 aliphatic carbocycles. The lowest BCUT2D eigenvalue weighted by Crippen LogP contribution is -1.90. The summed E-state index contributed by atoms with van der Waals surface area (Å²) in [5.74, 6) is -1.19. The molecule has 0 bridgehead atoms. The van der Waals surface area contributed by atoms with Gasteiger partial charge in [-0.1, -0.05) is 50.1 Å². The highest BCUT2D eigenvalue weighted by Gasteiger charge is 2.18. The molecule has 0 aromatic heterocycles. The summed E-state index contributed by atoms with van der Waals surface area (Å²) in [5, 5.41) is 9.20. The number of aryl methyl sites for hydroxylation is 1. The van der Waals surface area contributed by atoms with Crippen molar-refractivity contribution in [3.05, 3.63) is 119 Å². The van der Waals surface area contributed by atoms with Gasteiger partial charge in [0, 0.05) is 29.6 Å². The molecule has 0 fully saturated rings. The normalized spacial score (nSPS) is 13.7. The molecule has 2 nitrogen and oxygen atoms in total. The zero-order valence-electron chi connectivity index (χ0n) is 18.7. The van der Waals surface area contributed by atoms with Gasteiger partial charge in [0.05, 0.1) is 0 Å². The first kappa shape index (κ1) is 24.7. The molecular weight excluding hydrogens is 404 g/mol. The smallest absolute Gasteiger partial charge is 0.133 e. The number of benzene rings is 2. The first-order chi connectivity index (χ1) is 15.2. The largest absolute Gasteiger partial charge is 0.508 e. The van der Waals surface area contributed by atoms with E-state index in [1.807, 2.05) is 6.20 Å². The van der Waals surface area contributed by atoms with E-state index < -0.39 is 11.6 Å². The van der Waals surface area contributed by atoms with Gasteiger partial charge in [-0.25, -0.2) is 8.78 Å². The minimum absolute atomic E-state index is 0.0458. The number of aliphatic hydroxyl groups is 1. The molecule has 0 atom stereocenters. The zero-order valence-corrected chi connectivity index (χ0v) is 18.7. The molecule has 166 valence electrons. The van der Waals surface area contributed by atoms with Crippen molar-refractivity contribution in [3.63, 3.8) is 0 Å². The SMILES string of the molecule is C=C(O)C(=C)C=N/C=C(\C)C1=C(c2ccccc2C)CCC1.C=Cc1ccc(F)cc1F. The minimum Gasteiger partial charge on any atom is -0.508 e. The van der Waals surface area contributed by atoms with Gasteiger partial charge in [-0.3, -0.25) is 4.99 Å². The van der Waals surface area contributed by atoms with Crippen LogP contribution in [0.25, 0.3) is 11.6 Å². The molecule has 32 heavy (non-hydrogen) atoms. The maximum atomic E-state index is 12.5. The van der Waals surface area contributed by atoms with Gasteiger partial charge in [0.15, 0.2) is 0 Å². The average molecular weight is 434 g/mol. The third-order valence-electron chi connectivity index (χ3n) is 5.22. The van der Waals surface area contributed by atoms with Crippen molar-refractivity contribution in [2.24, 2.45) is 4.99 Å². The van der Waals surface area contributed by atoms with Gasteiger partial charge in [-0.05, 0) is 73.1 Å². The lowest BCUT2D eigenvalue weighted by atomic mass is 9.95. The van der Waals surface area contributed by atoms with Crippen LogP contribution in [0.3, 0.4) is 0 Å². The number of hydrogen-bond acceptors (Lipinski definition) is 2. The fourth-order valence-electron chi connectivity index (χ4n) is 3.45. The zero-order chi connectivity index (χ0) is 23.7. The molecule has 0 unspecified atom stereocenters. The van der Waals surface area contributed by atoms with E-state index in [1.54, 1.807) is 0 Å². The summed E-state index contributed by atoms with van der Waals surface area (Å²) in [6.07, 6.45) is 8.12. The summed E-state index contributed by atoms with van der Waals surface area (Å²) < 4.78 is 24.7. The lowest BCUT2D eigenvalue weighted by molar-refractivity contribution is 0.432. The Morgan fingerprint density at radius 1 is 1.09 bits per heavy atom. The average Bonchev–Trinajstić information content (AvgIpc) is 3.24. The molecule has 1 aliphatic rings. The summed E-state index contributed by atoms with van der Waals surface area (Å²) >= 11 is 0. The van der Waals surface area contributed by atoms with E-state index in [-0.39, 0.29) is 5.76 Å². The molecule has 1 N–H and O–H groups in total. The molecule has 2 aromatic carbocycles. The summed E-state index contributed by atoms with van der Waals surface area (Å²) in [4.78, 5) is 4.25. The van der Waals surface area contributed by atoms with Crippen LogP contribution in [0.15, 0.2) is 95.9 Å². The molecule has 0 radical (unpaired) electrons. The number of nitrogens with zero attached hydrogens (tertiary/aromatic N) is 1. The van der Waals surface area contributed by atoms with Crippen molar-refractivity contribution >= 4 is 17.9 Å². The maximum Gasteiger partial charge on any atom is 0.133 e. The summed E-state index contributed by atoms with van der Waals surface area (Å²) in [5.41, 5.74) is 7.42. The second-order valence-electron chi connectivity index (χ2n) is 7.56. The quantitative estimate of drug-likeness (QED) is 0.278. The second kappa shape index (κ2) is 11.8. The number of aliphatic imine (C=N–C) groups is 1. The van der Waals surface area contributed by atoms with Gasteiger partial charge in [0.2, 0.25) is 0 Å². The molecular formula is C28H29F2NO. The van der Waals surface area contributed by atoms with Crippen molar-refractivity contribution < 1.29 is 13.9 Å². The van der Waals surface area contributed by atoms with Crippen LogP contribution in [0.2, 0.25) is 0 Å². The molecule has 0 spiro atoms. The highest BCUT2D eigenvalue weighted by molar-refractivity contribution is 5.83. The van der Waals surface area contributed by atoms with Gasteiger partial charge in [-0.2, -0.15) is 0 Å². The van der Waals surface area contributed by atoms with Crippen LogP contribution in [-0.2, 0) is 0 Å². The number of halogens is 2. The van der Waals surface area contributed by atoms with E-state index in [2.05, 4.69) is 62.8 Å². The minimum atomic E-state index is -0.574. The molecule has 0 saturated carbocycles. The third kappa shape index (κ3) is 6.74. The maximum absolute atomic E-state index is 12.5. The standard InChI is InChI=1S/C20H23NO.C8H6F2/c1-14-8-5-6-9-18(14)20-11-7-10-19(20)16(3)13-21-12-15(2)17(4)22;1-2-6-3-4-7(9)5-8(6)10/h5-6,8-9,12-13,22H,2,4,7,10-11H2,1,3H3;2-5H,1H2/b16-13+,21-12?;. The summed E-state index contributed by atoms with van der Waals surface area (Å²) in [7, 11) is 0. The number of rotatable bonds is 6. The van der Waals surface area contributed by atoms with Gasteiger partial charge < -0.3 is 5.11 Å². The Labute approximate surface area is 189 Å². The van der Waals surface area contributed by atoms with Gasteiger partial charge in [0.25, 0.3) is 0 Å². The lowest BCUT2D eigenvalue weighted by Gasteiger charge is -2.10. The molecule has 0 heterocycles. The van der Waals surface area contributed by atoms with Crippen LogP contribution in [0, 0.1) is 18.6 Å². The van der Waals surface area contributed by atoms with Crippen LogP contribution in [0.1, 0.15) is 42.9 Å². The first-order valence-electron chi connectivity index (χ1n) is 10.4. The van der Waals surface area contributed by atoms with Gasteiger partial charge >= 0.3 is 0 Å². The van der Waals surface area contributed by atoms with E-state index in [1.165, 1.54) is 58.7 Å². The van der Waals surface area contributed by atoms with E-state index in [4.69, 9.17) is 0 Å². The van der Waals surface area contributed by atoms with E-state index in [0.717, 1.165) is 18.9 Å². The Morgan fingerprint density at radius 3 is 2.44 bits per heavy atom. The predicted molar refractivity (Wildman–Crippen MR) is 132 cm³/mol. The fraction of sp³-hybridized carbons (Fsp3) is 0.179. The highest BCUT2D eigenvalue weighted by atomic mass is 19.1. The van der Waals surface area contributed by atoms with Crippen LogP contribution < -0.4 is 0 Å². The number of aliphatic hydroxyl groups excluding tert-OH is 1. The Kier molecular flexibility index (Phi) is 9.08. The van der Waals surface area contributed by atoms with Gasteiger partial charge in [-0.15, -0.1) is 0 Å². The van der Waals surface area contributed by atoms with Crippen molar-refractivity contribution in [1.82, 2.24) is 0 Å². The first-order valence-corrected chi connectivity index (χ1v) is 10.4. The number of hydrogen-bond donors (Lipinski definition) is 1. The Bertz CT molecular complexity index is 1110. The van der Waals surface area contributed by atoms with Crippen molar-refractivity contribution in [2.75, 3.05) is 0 Å². The molecule has 0 saturated heterocycles. The van der Waals surface area contributed by atoms with Crippen LogP contribution >= 0.6 is 0 Å². The molecule has 0 amide bonds. The van der Waals surface area contributed by atoms with Crippen molar-refractivity contribution in [3.8, 4) is 0 Å².